The number of halogens is 2. The Bertz CT molecular complexity index is 1260. The Kier molecular flexibility index (Phi) is 7.06. The standard InChI is InChI=1S/C23H18BrClN4OS/c24-18-8-5-6-16(12-18)13-26-28-22(30)15-31-23-27-20-10-3-4-11-21(20)29(23)14-17-7-1-2-9-19(17)25/h1-13H,14-15H2,(H,28,30). The summed E-state index contributed by atoms with van der Waals surface area (Å²) >= 11 is 11.1. The number of benzene rings is 3. The van der Waals surface area contributed by atoms with Crippen LogP contribution in [0.1, 0.15) is 11.1 Å². The lowest BCUT2D eigenvalue weighted by Gasteiger charge is -2.10. The smallest absolute Gasteiger partial charge is 0.250 e. The number of nitrogens with zero attached hydrogens (tertiary/aromatic N) is 3. The number of hydrazone groups is 1. The van der Waals surface area contributed by atoms with Crippen molar-refractivity contribution in [2.45, 2.75) is 11.7 Å². The summed E-state index contributed by atoms with van der Waals surface area (Å²) < 4.78 is 3.04. The molecule has 31 heavy (non-hydrogen) atoms. The number of rotatable bonds is 7. The number of amides is 1. The predicted octanol–water partition coefficient (Wildman–Crippen LogP) is 5.74. The normalized spacial score (nSPS) is 11.3. The van der Waals surface area contributed by atoms with Crippen LogP contribution in [-0.2, 0) is 11.3 Å². The van der Waals surface area contributed by atoms with Crippen LogP contribution >= 0.6 is 39.3 Å². The van der Waals surface area contributed by atoms with Crippen LogP contribution < -0.4 is 5.43 Å². The summed E-state index contributed by atoms with van der Waals surface area (Å²) in [5, 5.41) is 5.50. The van der Waals surface area contributed by atoms with Crippen LogP contribution in [0.15, 0.2) is 87.5 Å². The maximum Gasteiger partial charge on any atom is 0.250 e. The lowest BCUT2D eigenvalue weighted by molar-refractivity contribution is -0.118. The molecule has 0 saturated heterocycles. The third kappa shape index (κ3) is 5.55. The van der Waals surface area contributed by atoms with E-state index in [1.807, 2.05) is 72.8 Å². The molecule has 8 heteroatoms. The van der Waals surface area contributed by atoms with Crippen LogP contribution in [-0.4, -0.2) is 27.4 Å². The summed E-state index contributed by atoms with van der Waals surface area (Å²) in [7, 11) is 0. The number of imidazole rings is 1. The molecule has 0 unspecified atom stereocenters. The maximum absolute atomic E-state index is 12.3. The second-order valence-corrected chi connectivity index (χ2v) is 8.96. The third-order valence-corrected chi connectivity index (χ3v) is 6.33. The number of aromatic nitrogens is 2. The van der Waals surface area contributed by atoms with Gasteiger partial charge in [-0.3, -0.25) is 4.79 Å². The number of para-hydroxylation sites is 2. The highest BCUT2D eigenvalue weighted by Crippen LogP contribution is 2.27. The van der Waals surface area contributed by atoms with E-state index in [1.54, 1.807) is 6.21 Å². The van der Waals surface area contributed by atoms with Crippen molar-refractivity contribution in [2.75, 3.05) is 5.75 Å². The molecule has 156 valence electrons. The van der Waals surface area contributed by atoms with E-state index in [2.05, 4.69) is 31.0 Å². The van der Waals surface area contributed by atoms with E-state index < -0.39 is 0 Å². The number of carbonyl (C=O) groups is 1. The number of thioether (sulfide) groups is 1. The van der Waals surface area contributed by atoms with Gasteiger partial charge in [0.15, 0.2) is 5.16 Å². The van der Waals surface area contributed by atoms with Gasteiger partial charge in [0.25, 0.3) is 5.91 Å². The van der Waals surface area contributed by atoms with Crippen LogP contribution in [0.25, 0.3) is 11.0 Å². The summed E-state index contributed by atoms with van der Waals surface area (Å²) in [4.78, 5) is 17.0. The molecule has 4 aromatic rings. The first-order valence-corrected chi connectivity index (χ1v) is 11.6. The van der Waals surface area contributed by atoms with Crippen molar-refractivity contribution in [3.05, 3.63) is 93.4 Å². The van der Waals surface area contributed by atoms with E-state index in [0.29, 0.717) is 11.6 Å². The van der Waals surface area contributed by atoms with E-state index in [1.165, 1.54) is 11.8 Å². The van der Waals surface area contributed by atoms with Crippen LogP contribution in [0.4, 0.5) is 0 Å². The first kappa shape index (κ1) is 21.6. The fourth-order valence-corrected chi connectivity index (χ4v) is 4.46. The molecule has 0 atom stereocenters. The summed E-state index contributed by atoms with van der Waals surface area (Å²) in [6, 6.07) is 23.3. The molecule has 0 radical (unpaired) electrons. The van der Waals surface area contributed by atoms with Crippen molar-refractivity contribution >= 4 is 62.4 Å². The topological polar surface area (TPSA) is 59.3 Å². The highest BCUT2D eigenvalue weighted by molar-refractivity contribution is 9.10. The minimum Gasteiger partial charge on any atom is -0.314 e. The number of hydrogen-bond acceptors (Lipinski definition) is 4. The number of carbonyl (C=O) groups excluding carboxylic acids is 1. The van der Waals surface area contributed by atoms with Crippen LogP contribution in [0, 0.1) is 0 Å². The van der Waals surface area contributed by atoms with Gasteiger partial charge in [-0.15, -0.1) is 0 Å². The van der Waals surface area contributed by atoms with Crippen LogP contribution in [0.3, 0.4) is 0 Å². The second kappa shape index (κ2) is 10.1. The Morgan fingerprint density at radius 2 is 1.94 bits per heavy atom. The predicted molar refractivity (Wildman–Crippen MR) is 131 cm³/mol. The molecule has 0 spiro atoms. The maximum atomic E-state index is 12.3. The second-order valence-electron chi connectivity index (χ2n) is 6.70. The van der Waals surface area contributed by atoms with E-state index in [9.17, 15) is 4.79 Å². The van der Waals surface area contributed by atoms with E-state index in [4.69, 9.17) is 16.6 Å². The largest absolute Gasteiger partial charge is 0.314 e. The Hall–Kier alpha value is -2.61. The van der Waals surface area contributed by atoms with Gasteiger partial charge in [-0.05, 0) is 41.5 Å². The van der Waals surface area contributed by atoms with Gasteiger partial charge in [0.05, 0.1) is 29.5 Å². The Labute approximate surface area is 197 Å². The van der Waals surface area contributed by atoms with Gasteiger partial charge < -0.3 is 4.57 Å². The third-order valence-electron chi connectivity index (χ3n) is 4.49. The van der Waals surface area contributed by atoms with E-state index in [-0.39, 0.29) is 11.7 Å². The highest BCUT2D eigenvalue weighted by atomic mass is 79.9. The number of fused-ring (bicyclic) bond motifs is 1. The average molecular weight is 514 g/mol. The molecular formula is C23H18BrClN4OS. The van der Waals surface area contributed by atoms with Crippen molar-refractivity contribution in [1.29, 1.82) is 0 Å². The van der Waals surface area contributed by atoms with Gasteiger partial charge >= 0.3 is 0 Å². The molecule has 3 aromatic carbocycles. The fourth-order valence-electron chi connectivity index (χ4n) is 3.04. The van der Waals surface area contributed by atoms with Crippen molar-refractivity contribution in [3.63, 3.8) is 0 Å². The lowest BCUT2D eigenvalue weighted by atomic mass is 10.2. The molecule has 0 aliphatic heterocycles. The first-order chi connectivity index (χ1) is 15.1. The Morgan fingerprint density at radius 1 is 1.13 bits per heavy atom. The van der Waals surface area contributed by atoms with Gasteiger partial charge in [0, 0.05) is 9.50 Å². The van der Waals surface area contributed by atoms with Gasteiger partial charge in [-0.1, -0.05) is 81.8 Å². The highest BCUT2D eigenvalue weighted by Gasteiger charge is 2.14. The zero-order chi connectivity index (χ0) is 21.6. The molecule has 1 heterocycles. The molecule has 0 bridgehead atoms. The summed E-state index contributed by atoms with van der Waals surface area (Å²) in [5.74, 6) is -0.00520. The van der Waals surface area contributed by atoms with Crippen molar-refractivity contribution < 1.29 is 4.79 Å². The SMILES string of the molecule is O=C(CSc1nc2ccccc2n1Cc1ccccc1Cl)NN=Cc1cccc(Br)c1. The van der Waals surface area contributed by atoms with Gasteiger partial charge in [0.2, 0.25) is 0 Å². The Morgan fingerprint density at radius 3 is 2.77 bits per heavy atom. The van der Waals surface area contributed by atoms with E-state index in [0.717, 1.165) is 31.8 Å². The average Bonchev–Trinajstić information content (AvgIpc) is 3.11. The van der Waals surface area contributed by atoms with Crippen LogP contribution in [0.5, 0.6) is 0 Å². The Balaban J connectivity index is 1.46. The zero-order valence-corrected chi connectivity index (χ0v) is 19.5. The lowest BCUT2D eigenvalue weighted by Crippen LogP contribution is -2.20. The van der Waals surface area contributed by atoms with Crippen molar-refractivity contribution in [2.24, 2.45) is 5.10 Å². The first-order valence-electron chi connectivity index (χ1n) is 9.49. The molecule has 0 aliphatic rings. The molecule has 0 fully saturated rings. The molecular weight excluding hydrogens is 496 g/mol. The summed E-state index contributed by atoms with van der Waals surface area (Å²) in [6.07, 6.45) is 1.61. The molecule has 4 rings (SSSR count). The molecule has 1 N–H and O–H groups in total. The molecule has 5 nitrogen and oxygen atoms in total. The molecule has 0 saturated carbocycles. The molecule has 1 aromatic heterocycles. The van der Waals surface area contributed by atoms with Gasteiger partial charge in [-0.2, -0.15) is 5.10 Å². The van der Waals surface area contributed by atoms with Gasteiger partial charge in [0.1, 0.15) is 0 Å². The number of hydrogen-bond donors (Lipinski definition) is 1. The summed E-state index contributed by atoms with van der Waals surface area (Å²) in [5.41, 5.74) is 6.34. The minimum atomic E-state index is -0.201. The monoisotopic (exact) mass is 512 g/mol. The summed E-state index contributed by atoms with van der Waals surface area (Å²) in [6.45, 7) is 0.575. The van der Waals surface area contributed by atoms with Gasteiger partial charge in [-0.25, -0.2) is 10.4 Å². The van der Waals surface area contributed by atoms with Crippen LogP contribution in [0.2, 0.25) is 5.02 Å². The fraction of sp³-hybridized carbons (Fsp3) is 0.0870. The van der Waals surface area contributed by atoms with Crippen molar-refractivity contribution in [3.8, 4) is 0 Å². The number of nitrogens with one attached hydrogen (secondary N) is 1. The molecule has 1 amide bonds. The van der Waals surface area contributed by atoms with Crippen molar-refractivity contribution in [1.82, 2.24) is 15.0 Å². The zero-order valence-electron chi connectivity index (χ0n) is 16.3. The van der Waals surface area contributed by atoms with E-state index >= 15 is 0 Å². The quantitative estimate of drug-likeness (QED) is 0.195. The molecule has 0 aliphatic carbocycles. The minimum absolute atomic E-state index is 0.196.